The second-order valence-electron chi connectivity index (χ2n) is 6.57. The summed E-state index contributed by atoms with van der Waals surface area (Å²) in [6.45, 7) is 9.40. The zero-order chi connectivity index (χ0) is 18.8. The summed E-state index contributed by atoms with van der Waals surface area (Å²) < 4.78 is 5.48. The molecule has 0 saturated carbocycles. The molecule has 5 heteroatoms. The van der Waals surface area contributed by atoms with Gasteiger partial charge >= 0.3 is 5.97 Å². The second-order valence-corrected chi connectivity index (χ2v) is 7.63. The Morgan fingerprint density at radius 3 is 2.64 bits per heavy atom. The normalized spacial score (nSPS) is 14.9. The van der Waals surface area contributed by atoms with E-state index >= 15 is 0 Å². The zero-order valence-corrected chi connectivity index (χ0v) is 16.7. The average molecular weight is 364 g/mol. The standard InChI is InChI=1S/C20H29NO3S/c1-14(7-6-8-15(2)12-22)9-10-20(24-18(5)23)16(3)11-19-13-25-17(4)21-19/h9,11-13,15,20H,6-8,10H2,1-5H3/b14-9+,16-11+. The number of carbonyl (C=O) groups is 2. The van der Waals surface area contributed by atoms with Crippen LogP contribution in [0.4, 0.5) is 0 Å². The first-order valence-corrected chi connectivity index (χ1v) is 9.58. The number of aryl methyl sites for hydroxylation is 1. The van der Waals surface area contributed by atoms with Gasteiger partial charge in [0.1, 0.15) is 12.4 Å². The molecule has 0 aliphatic carbocycles. The minimum Gasteiger partial charge on any atom is -0.458 e. The van der Waals surface area contributed by atoms with Crippen LogP contribution in [0, 0.1) is 12.8 Å². The van der Waals surface area contributed by atoms with Gasteiger partial charge in [-0.15, -0.1) is 11.3 Å². The first-order valence-electron chi connectivity index (χ1n) is 8.70. The molecule has 0 N–H and O–H groups in total. The van der Waals surface area contributed by atoms with Gasteiger partial charge in [-0.2, -0.15) is 0 Å². The van der Waals surface area contributed by atoms with Crippen molar-refractivity contribution in [3.8, 4) is 0 Å². The number of thiazole rings is 1. The number of aromatic nitrogens is 1. The smallest absolute Gasteiger partial charge is 0.303 e. The molecule has 2 unspecified atom stereocenters. The van der Waals surface area contributed by atoms with Crippen LogP contribution in [-0.2, 0) is 14.3 Å². The molecule has 25 heavy (non-hydrogen) atoms. The highest BCUT2D eigenvalue weighted by Crippen LogP contribution is 2.19. The van der Waals surface area contributed by atoms with E-state index in [0.29, 0.717) is 6.42 Å². The van der Waals surface area contributed by atoms with Gasteiger partial charge in [0.2, 0.25) is 0 Å². The summed E-state index contributed by atoms with van der Waals surface area (Å²) in [5.74, 6) is -0.161. The lowest BCUT2D eigenvalue weighted by Gasteiger charge is -2.16. The molecule has 1 aromatic heterocycles. The Balaban J connectivity index is 2.68. The maximum absolute atomic E-state index is 11.4. The third-order valence-corrected chi connectivity index (χ3v) is 4.76. The van der Waals surface area contributed by atoms with Crippen LogP contribution in [0.5, 0.6) is 0 Å². The van der Waals surface area contributed by atoms with E-state index in [2.05, 4.69) is 18.0 Å². The monoisotopic (exact) mass is 363 g/mol. The minimum absolute atomic E-state index is 0.119. The molecule has 0 fully saturated rings. The molecule has 0 bridgehead atoms. The zero-order valence-electron chi connectivity index (χ0n) is 15.9. The summed E-state index contributed by atoms with van der Waals surface area (Å²) in [5, 5.41) is 3.02. The molecule has 2 atom stereocenters. The van der Waals surface area contributed by atoms with Crippen molar-refractivity contribution < 1.29 is 14.3 Å². The Morgan fingerprint density at radius 2 is 2.08 bits per heavy atom. The van der Waals surface area contributed by atoms with Crippen LogP contribution in [0.25, 0.3) is 6.08 Å². The third-order valence-electron chi connectivity index (χ3n) is 3.97. The molecular formula is C20H29NO3S. The Morgan fingerprint density at radius 1 is 1.36 bits per heavy atom. The largest absolute Gasteiger partial charge is 0.458 e. The van der Waals surface area contributed by atoms with Crippen molar-refractivity contribution in [2.45, 2.75) is 66.4 Å². The Kier molecular flexibility index (Phi) is 9.35. The highest BCUT2D eigenvalue weighted by atomic mass is 32.1. The fourth-order valence-electron chi connectivity index (χ4n) is 2.48. The van der Waals surface area contributed by atoms with E-state index < -0.39 is 0 Å². The van der Waals surface area contributed by atoms with Crippen LogP contribution in [0.2, 0.25) is 0 Å². The summed E-state index contributed by atoms with van der Waals surface area (Å²) >= 11 is 1.60. The second kappa shape index (κ2) is 11.0. The maximum Gasteiger partial charge on any atom is 0.303 e. The molecule has 0 aliphatic heterocycles. The van der Waals surface area contributed by atoms with Crippen molar-refractivity contribution >= 4 is 29.7 Å². The lowest BCUT2D eigenvalue weighted by Crippen LogP contribution is -2.17. The molecular weight excluding hydrogens is 334 g/mol. The summed E-state index contributed by atoms with van der Waals surface area (Å²) in [6, 6.07) is 0. The van der Waals surface area contributed by atoms with E-state index in [1.807, 2.05) is 32.2 Å². The molecule has 0 aromatic carbocycles. The van der Waals surface area contributed by atoms with Gasteiger partial charge in [0.25, 0.3) is 0 Å². The topological polar surface area (TPSA) is 56.3 Å². The molecule has 1 aromatic rings. The van der Waals surface area contributed by atoms with E-state index in [4.69, 9.17) is 4.74 Å². The summed E-state index contributed by atoms with van der Waals surface area (Å²) in [6.07, 6.45) is 8.35. The van der Waals surface area contributed by atoms with Gasteiger partial charge in [0.05, 0.1) is 10.7 Å². The predicted molar refractivity (Wildman–Crippen MR) is 104 cm³/mol. The SMILES string of the molecule is CC(=O)OC(C/C=C(\C)CCCC(C)C=O)/C(C)=C/c1csc(C)n1. The van der Waals surface area contributed by atoms with E-state index in [9.17, 15) is 9.59 Å². The molecule has 0 aliphatic rings. The van der Waals surface area contributed by atoms with Crippen molar-refractivity contribution in [2.75, 3.05) is 0 Å². The highest BCUT2D eigenvalue weighted by Gasteiger charge is 2.14. The molecule has 0 saturated heterocycles. The molecule has 0 spiro atoms. The molecule has 1 rings (SSSR count). The number of hydrogen-bond acceptors (Lipinski definition) is 5. The summed E-state index contributed by atoms with van der Waals surface area (Å²) in [5.41, 5.74) is 3.15. The van der Waals surface area contributed by atoms with Crippen LogP contribution in [-0.4, -0.2) is 23.3 Å². The van der Waals surface area contributed by atoms with Gasteiger partial charge in [-0.05, 0) is 51.7 Å². The van der Waals surface area contributed by atoms with Crippen LogP contribution < -0.4 is 0 Å². The Labute approximate surface area is 155 Å². The number of allylic oxidation sites excluding steroid dienone is 1. The third kappa shape index (κ3) is 8.77. The van der Waals surface area contributed by atoms with Crippen LogP contribution in [0.1, 0.15) is 64.1 Å². The van der Waals surface area contributed by atoms with E-state index in [1.54, 1.807) is 11.3 Å². The lowest BCUT2D eigenvalue weighted by atomic mass is 10.0. The van der Waals surface area contributed by atoms with Crippen molar-refractivity contribution in [1.82, 2.24) is 4.98 Å². The van der Waals surface area contributed by atoms with Gasteiger partial charge in [-0.25, -0.2) is 4.98 Å². The van der Waals surface area contributed by atoms with Crippen LogP contribution >= 0.6 is 11.3 Å². The van der Waals surface area contributed by atoms with Gasteiger partial charge in [-0.1, -0.05) is 18.6 Å². The van der Waals surface area contributed by atoms with Crippen LogP contribution in [0.15, 0.2) is 22.6 Å². The Hall–Kier alpha value is -1.75. The van der Waals surface area contributed by atoms with Gasteiger partial charge in [0, 0.05) is 24.6 Å². The fourth-order valence-corrected chi connectivity index (χ4v) is 3.05. The van der Waals surface area contributed by atoms with E-state index in [1.165, 1.54) is 12.5 Å². The number of hydrogen-bond donors (Lipinski definition) is 0. The first-order chi connectivity index (χ1) is 11.8. The number of carbonyl (C=O) groups excluding carboxylic acids is 2. The number of nitrogens with zero attached hydrogens (tertiary/aromatic N) is 1. The van der Waals surface area contributed by atoms with Crippen molar-refractivity contribution in [3.05, 3.63) is 33.3 Å². The lowest BCUT2D eigenvalue weighted by molar-refractivity contribution is -0.144. The molecule has 0 radical (unpaired) electrons. The van der Waals surface area contributed by atoms with Crippen molar-refractivity contribution in [3.63, 3.8) is 0 Å². The number of esters is 1. The number of rotatable bonds is 10. The van der Waals surface area contributed by atoms with E-state index in [-0.39, 0.29) is 18.0 Å². The summed E-state index contributed by atoms with van der Waals surface area (Å²) in [4.78, 5) is 26.5. The van der Waals surface area contributed by atoms with Gasteiger partial charge in [-0.3, -0.25) is 4.79 Å². The predicted octanol–water partition coefficient (Wildman–Crippen LogP) is 5.13. The van der Waals surface area contributed by atoms with Crippen molar-refractivity contribution in [1.29, 1.82) is 0 Å². The number of ether oxygens (including phenoxy) is 1. The maximum atomic E-state index is 11.4. The first kappa shape index (κ1) is 21.3. The average Bonchev–Trinajstić information content (AvgIpc) is 2.95. The molecule has 0 amide bonds. The summed E-state index contributed by atoms with van der Waals surface area (Å²) in [7, 11) is 0. The molecule has 138 valence electrons. The van der Waals surface area contributed by atoms with Crippen molar-refractivity contribution in [2.24, 2.45) is 5.92 Å². The van der Waals surface area contributed by atoms with Gasteiger partial charge in [0.15, 0.2) is 0 Å². The minimum atomic E-state index is -0.280. The molecule has 4 nitrogen and oxygen atoms in total. The number of aldehydes is 1. The fraction of sp³-hybridized carbons (Fsp3) is 0.550. The van der Waals surface area contributed by atoms with Gasteiger partial charge < -0.3 is 9.53 Å². The van der Waals surface area contributed by atoms with E-state index in [0.717, 1.165) is 41.8 Å². The Bertz CT molecular complexity index is 631. The highest BCUT2D eigenvalue weighted by molar-refractivity contribution is 7.09. The van der Waals surface area contributed by atoms with Crippen LogP contribution in [0.3, 0.4) is 0 Å². The quantitative estimate of drug-likeness (QED) is 0.328. The molecule has 1 heterocycles.